The molecule has 0 aliphatic carbocycles. The van der Waals surface area contributed by atoms with Crippen LogP contribution < -0.4 is 10.3 Å². The third-order valence-electron chi connectivity index (χ3n) is 4.02. The molecule has 27 heavy (non-hydrogen) atoms. The van der Waals surface area contributed by atoms with Crippen LogP contribution in [-0.4, -0.2) is 46.5 Å². The second kappa shape index (κ2) is 8.70. The minimum atomic E-state index is 0.0251. The lowest BCUT2D eigenvalue weighted by Gasteiger charge is -2.17. The summed E-state index contributed by atoms with van der Waals surface area (Å²) in [5, 5.41) is 13.5. The number of pyridine rings is 1. The van der Waals surface area contributed by atoms with Crippen LogP contribution in [0.5, 0.6) is 0 Å². The molecule has 0 amide bonds. The van der Waals surface area contributed by atoms with Gasteiger partial charge in [-0.1, -0.05) is 0 Å². The number of hydrogen-bond acceptors (Lipinski definition) is 8. The number of hydrogen-bond donors (Lipinski definition) is 2. The zero-order valence-electron chi connectivity index (χ0n) is 15.5. The maximum atomic E-state index is 9.20. The Hall–Kier alpha value is -2.84. The molecule has 8 heteroatoms. The van der Waals surface area contributed by atoms with Crippen LogP contribution in [-0.2, 0) is 0 Å². The monoisotopic (exact) mass is 382 g/mol. The van der Waals surface area contributed by atoms with E-state index in [-0.39, 0.29) is 6.61 Å². The Labute approximate surface area is 162 Å². The van der Waals surface area contributed by atoms with E-state index in [0.29, 0.717) is 18.3 Å². The van der Waals surface area contributed by atoms with Gasteiger partial charge in [0.25, 0.3) is 0 Å². The number of nitrogens with one attached hydrogen (secondary N) is 1. The number of aryl methyl sites for hydroxylation is 2. The zero-order valence-corrected chi connectivity index (χ0v) is 16.4. The molecule has 3 aromatic rings. The second-order valence-electron chi connectivity index (χ2n) is 6.08. The quantitative estimate of drug-likeness (QED) is 0.482. The van der Waals surface area contributed by atoms with Crippen LogP contribution in [0.2, 0.25) is 0 Å². The summed E-state index contributed by atoms with van der Waals surface area (Å²) in [5.41, 5.74) is 5.94. The number of aliphatic hydroxyl groups is 1. The molecular weight excluding hydrogens is 360 g/mol. The molecule has 0 unspecified atom stereocenters. The summed E-state index contributed by atoms with van der Waals surface area (Å²) in [6.45, 7) is 4.65. The van der Waals surface area contributed by atoms with Gasteiger partial charge < -0.3 is 10.0 Å². The van der Waals surface area contributed by atoms with E-state index in [2.05, 4.69) is 45.4 Å². The highest BCUT2D eigenvalue weighted by Crippen LogP contribution is 2.22. The lowest BCUT2D eigenvalue weighted by Crippen LogP contribution is -2.23. The number of likely N-dealkylation sites (N-methyl/N-ethyl adjacent to an activating group) is 1. The maximum Gasteiger partial charge on any atom is 0.227 e. The molecule has 7 nitrogen and oxygen atoms in total. The van der Waals surface area contributed by atoms with Crippen molar-refractivity contribution in [3.63, 3.8) is 0 Å². The van der Waals surface area contributed by atoms with Gasteiger partial charge in [-0.2, -0.15) is 10.1 Å². The molecule has 3 rings (SSSR count). The van der Waals surface area contributed by atoms with E-state index in [9.17, 15) is 5.11 Å². The van der Waals surface area contributed by atoms with Crippen molar-refractivity contribution in [2.75, 3.05) is 30.5 Å². The average molecular weight is 382 g/mol. The Kier molecular flexibility index (Phi) is 6.10. The Morgan fingerprint density at radius 2 is 2.00 bits per heavy atom. The van der Waals surface area contributed by atoms with Crippen molar-refractivity contribution >= 4 is 29.3 Å². The largest absolute Gasteiger partial charge is 0.395 e. The lowest BCUT2D eigenvalue weighted by atomic mass is 10.2. The van der Waals surface area contributed by atoms with Crippen molar-refractivity contribution in [1.82, 2.24) is 15.0 Å². The van der Waals surface area contributed by atoms with Gasteiger partial charge in [-0.25, -0.2) is 4.98 Å². The predicted molar refractivity (Wildman–Crippen MR) is 111 cm³/mol. The standard InChI is InChI=1S/C19H22N6OS/c1-13-10-16(27-14(13)2)12-21-24-18-11-17(15-4-6-20-7-5-15)22-19(23-18)25(3)8-9-26/h4-7,10-12,26H,8-9H2,1-3H3,(H,22,23,24)/b21-12+. The van der Waals surface area contributed by atoms with Crippen molar-refractivity contribution in [3.8, 4) is 11.3 Å². The normalized spacial score (nSPS) is 11.1. The van der Waals surface area contributed by atoms with Gasteiger partial charge in [-0.15, -0.1) is 11.3 Å². The average Bonchev–Trinajstić information content (AvgIpc) is 3.00. The number of rotatable bonds is 7. The Balaban J connectivity index is 1.87. The van der Waals surface area contributed by atoms with E-state index < -0.39 is 0 Å². The predicted octanol–water partition coefficient (Wildman–Crippen LogP) is 3.09. The molecule has 0 radical (unpaired) electrons. The molecule has 0 aliphatic rings. The number of aromatic nitrogens is 3. The van der Waals surface area contributed by atoms with Gasteiger partial charge in [0, 0.05) is 47.4 Å². The van der Waals surface area contributed by atoms with E-state index in [4.69, 9.17) is 0 Å². The molecule has 0 bridgehead atoms. The van der Waals surface area contributed by atoms with Crippen molar-refractivity contribution in [1.29, 1.82) is 0 Å². The number of nitrogens with zero attached hydrogens (tertiary/aromatic N) is 5. The van der Waals surface area contributed by atoms with Crippen LogP contribution in [0, 0.1) is 13.8 Å². The van der Waals surface area contributed by atoms with Gasteiger partial charge in [0.2, 0.25) is 5.95 Å². The summed E-state index contributed by atoms with van der Waals surface area (Å²) in [6.07, 6.45) is 5.23. The molecule has 140 valence electrons. The highest BCUT2D eigenvalue weighted by Gasteiger charge is 2.10. The number of aliphatic hydroxyl groups excluding tert-OH is 1. The summed E-state index contributed by atoms with van der Waals surface area (Å²) in [7, 11) is 1.84. The van der Waals surface area contributed by atoms with Crippen LogP contribution >= 0.6 is 11.3 Å². The number of thiophene rings is 1. The first kappa shape index (κ1) is 18.9. The van der Waals surface area contributed by atoms with Crippen LogP contribution in [0.1, 0.15) is 15.3 Å². The Morgan fingerprint density at radius 1 is 1.22 bits per heavy atom. The smallest absolute Gasteiger partial charge is 0.227 e. The van der Waals surface area contributed by atoms with Gasteiger partial charge in [0.05, 0.1) is 18.5 Å². The fraction of sp³-hybridized carbons (Fsp3) is 0.263. The summed E-state index contributed by atoms with van der Waals surface area (Å²) in [4.78, 5) is 17.3. The zero-order chi connectivity index (χ0) is 19.2. The minimum absolute atomic E-state index is 0.0251. The van der Waals surface area contributed by atoms with Crippen LogP contribution in [0.3, 0.4) is 0 Å². The summed E-state index contributed by atoms with van der Waals surface area (Å²) >= 11 is 1.70. The van der Waals surface area contributed by atoms with E-state index in [0.717, 1.165) is 16.1 Å². The van der Waals surface area contributed by atoms with Crippen molar-refractivity contribution in [2.24, 2.45) is 5.10 Å². The van der Waals surface area contributed by atoms with Crippen molar-refractivity contribution in [3.05, 3.63) is 52.0 Å². The van der Waals surface area contributed by atoms with E-state index in [1.54, 1.807) is 34.8 Å². The third-order valence-corrected chi connectivity index (χ3v) is 5.11. The van der Waals surface area contributed by atoms with Gasteiger partial charge in [-0.3, -0.25) is 10.4 Å². The second-order valence-corrected chi connectivity index (χ2v) is 7.37. The fourth-order valence-electron chi connectivity index (χ4n) is 2.41. The first-order valence-corrected chi connectivity index (χ1v) is 9.36. The number of anilines is 2. The first-order valence-electron chi connectivity index (χ1n) is 8.54. The molecule has 0 fully saturated rings. The van der Waals surface area contributed by atoms with Gasteiger partial charge >= 0.3 is 0 Å². The molecule has 0 aromatic carbocycles. The molecule has 3 aromatic heterocycles. The highest BCUT2D eigenvalue weighted by atomic mass is 32.1. The Bertz CT molecular complexity index is 906. The van der Waals surface area contributed by atoms with E-state index in [1.165, 1.54) is 10.4 Å². The molecule has 0 aliphatic heterocycles. The van der Waals surface area contributed by atoms with Crippen molar-refractivity contribution in [2.45, 2.75) is 13.8 Å². The highest BCUT2D eigenvalue weighted by molar-refractivity contribution is 7.13. The van der Waals surface area contributed by atoms with Gasteiger partial charge in [-0.05, 0) is 37.6 Å². The van der Waals surface area contributed by atoms with Crippen molar-refractivity contribution < 1.29 is 5.11 Å². The summed E-state index contributed by atoms with van der Waals surface area (Å²) < 4.78 is 0. The van der Waals surface area contributed by atoms with E-state index >= 15 is 0 Å². The SMILES string of the molecule is Cc1cc(/C=N/Nc2cc(-c3ccncc3)nc(N(C)CCO)n2)sc1C. The van der Waals surface area contributed by atoms with Gasteiger partial charge in [0.15, 0.2) is 5.82 Å². The van der Waals surface area contributed by atoms with E-state index in [1.807, 2.05) is 25.2 Å². The van der Waals surface area contributed by atoms with Crippen LogP contribution in [0.25, 0.3) is 11.3 Å². The minimum Gasteiger partial charge on any atom is -0.395 e. The lowest BCUT2D eigenvalue weighted by molar-refractivity contribution is 0.303. The first-order chi connectivity index (χ1) is 13.1. The summed E-state index contributed by atoms with van der Waals surface area (Å²) in [6, 6.07) is 7.73. The molecule has 0 spiro atoms. The van der Waals surface area contributed by atoms with Crippen LogP contribution in [0.15, 0.2) is 41.8 Å². The summed E-state index contributed by atoms with van der Waals surface area (Å²) in [5.74, 6) is 1.09. The molecule has 3 heterocycles. The fourth-order valence-corrected chi connectivity index (χ4v) is 3.33. The topological polar surface area (TPSA) is 86.5 Å². The molecule has 0 saturated heterocycles. The number of hydrazone groups is 1. The van der Waals surface area contributed by atoms with Gasteiger partial charge in [0.1, 0.15) is 0 Å². The third kappa shape index (κ3) is 4.87. The molecular formula is C19H22N6OS. The molecule has 2 N–H and O–H groups in total. The molecule has 0 atom stereocenters. The Morgan fingerprint density at radius 3 is 2.67 bits per heavy atom. The van der Waals surface area contributed by atoms with Crippen LogP contribution in [0.4, 0.5) is 11.8 Å². The molecule has 0 saturated carbocycles. The maximum absolute atomic E-state index is 9.20.